The molecule has 0 bridgehead atoms. The smallest absolute Gasteiger partial charge is 0.104 e. The fraction of sp³-hybridized carbons (Fsp3) is 0.375. The van der Waals surface area contributed by atoms with E-state index in [1.54, 1.807) is 0 Å². The second kappa shape index (κ2) is 2.66. The molecule has 1 rings (SSSR count). The van der Waals surface area contributed by atoms with Crippen LogP contribution in [-0.2, 0) is 0 Å². The molecule has 0 saturated heterocycles. The topological polar surface area (TPSA) is 38.9 Å². The molecule has 3 heteroatoms. The molecule has 0 aromatic carbocycles. The average molecular weight is 166 g/mol. The summed E-state index contributed by atoms with van der Waals surface area (Å²) < 4.78 is 0. The minimum atomic E-state index is -1.31. The standard InChI is InChI=1S/C8H14N2Si/c1-11(2,3)8-7(9)5-4-6-10-8/h4-6H,9H2,1-3H3. The van der Waals surface area contributed by atoms with Crippen LogP contribution in [0.15, 0.2) is 18.3 Å². The summed E-state index contributed by atoms with van der Waals surface area (Å²) >= 11 is 0. The molecule has 60 valence electrons. The number of rotatable bonds is 1. The van der Waals surface area contributed by atoms with Crippen molar-refractivity contribution in [3.05, 3.63) is 18.3 Å². The Bertz CT molecular complexity index is 253. The van der Waals surface area contributed by atoms with Gasteiger partial charge in [-0.15, -0.1) is 0 Å². The summed E-state index contributed by atoms with van der Waals surface area (Å²) in [6.45, 7) is 6.73. The maximum Gasteiger partial charge on any atom is 0.104 e. The van der Waals surface area contributed by atoms with E-state index in [-0.39, 0.29) is 0 Å². The molecule has 0 spiro atoms. The van der Waals surface area contributed by atoms with Crippen molar-refractivity contribution in [2.24, 2.45) is 0 Å². The van der Waals surface area contributed by atoms with Crippen LogP contribution in [0.2, 0.25) is 19.6 Å². The quantitative estimate of drug-likeness (QED) is 0.637. The highest BCUT2D eigenvalue weighted by Crippen LogP contribution is 2.05. The summed E-state index contributed by atoms with van der Waals surface area (Å²) in [5.41, 5.74) is 6.62. The van der Waals surface area contributed by atoms with Crippen LogP contribution in [0.1, 0.15) is 0 Å². The molecule has 0 aliphatic heterocycles. The van der Waals surface area contributed by atoms with Crippen LogP contribution in [0.3, 0.4) is 0 Å². The highest BCUT2D eigenvalue weighted by Gasteiger charge is 2.20. The highest BCUT2D eigenvalue weighted by atomic mass is 28.3. The van der Waals surface area contributed by atoms with E-state index in [2.05, 4.69) is 24.6 Å². The molecule has 1 aromatic heterocycles. The predicted molar refractivity (Wildman–Crippen MR) is 51.6 cm³/mol. The summed E-state index contributed by atoms with van der Waals surface area (Å²) in [6, 6.07) is 3.79. The number of anilines is 1. The Hall–Kier alpha value is -0.833. The first-order chi connectivity index (χ1) is 5.02. The van der Waals surface area contributed by atoms with E-state index in [0.717, 1.165) is 11.0 Å². The molecule has 2 N–H and O–H groups in total. The second-order valence-corrected chi connectivity index (χ2v) is 8.66. The van der Waals surface area contributed by atoms with Gasteiger partial charge >= 0.3 is 0 Å². The normalized spacial score (nSPS) is 11.5. The Morgan fingerprint density at radius 1 is 1.36 bits per heavy atom. The van der Waals surface area contributed by atoms with Crippen molar-refractivity contribution in [3.8, 4) is 0 Å². The maximum absolute atomic E-state index is 5.78. The van der Waals surface area contributed by atoms with Gasteiger partial charge in [0.25, 0.3) is 0 Å². The zero-order chi connectivity index (χ0) is 8.48. The minimum absolute atomic E-state index is 0.840. The van der Waals surface area contributed by atoms with Crippen molar-refractivity contribution < 1.29 is 0 Å². The molecule has 0 unspecified atom stereocenters. The van der Waals surface area contributed by atoms with E-state index in [1.807, 2.05) is 18.3 Å². The summed E-state index contributed by atoms with van der Waals surface area (Å²) in [5.74, 6) is 0. The minimum Gasteiger partial charge on any atom is -0.398 e. The Morgan fingerprint density at radius 2 is 2.00 bits per heavy atom. The first-order valence-corrected chi connectivity index (χ1v) is 7.23. The lowest BCUT2D eigenvalue weighted by molar-refractivity contribution is 1.36. The Labute approximate surface area is 68.5 Å². The lowest BCUT2D eigenvalue weighted by Gasteiger charge is -2.16. The van der Waals surface area contributed by atoms with Crippen molar-refractivity contribution in [3.63, 3.8) is 0 Å². The van der Waals surface area contributed by atoms with Gasteiger partial charge in [-0.05, 0) is 12.1 Å². The third-order valence-electron chi connectivity index (χ3n) is 1.55. The molecule has 1 heterocycles. The third-order valence-corrected chi connectivity index (χ3v) is 3.39. The first-order valence-electron chi connectivity index (χ1n) is 3.73. The Balaban J connectivity index is 3.14. The molecule has 0 atom stereocenters. The number of nitrogens with two attached hydrogens (primary N) is 1. The third kappa shape index (κ3) is 1.80. The van der Waals surface area contributed by atoms with E-state index in [9.17, 15) is 0 Å². The highest BCUT2D eigenvalue weighted by molar-refractivity contribution is 6.89. The van der Waals surface area contributed by atoms with E-state index in [4.69, 9.17) is 5.73 Å². The van der Waals surface area contributed by atoms with Gasteiger partial charge in [-0.3, -0.25) is 4.98 Å². The number of aromatic nitrogens is 1. The first kappa shape index (κ1) is 8.27. The van der Waals surface area contributed by atoms with Crippen molar-refractivity contribution in [1.82, 2.24) is 4.98 Å². The molecule has 0 radical (unpaired) electrons. The lowest BCUT2D eigenvalue weighted by atomic mass is 10.4. The SMILES string of the molecule is C[Si](C)(C)c1ncccc1N. The number of nitrogens with zero attached hydrogens (tertiary/aromatic N) is 1. The van der Waals surface area contributed by atoms with Crippen molar-refractivity contribution >= 4 is 19.1 Å². The van der Waals surface area contributed by atoms with Gasteiger partial charge in [0, 0.05) is 17.2 Å². The van der Waals surface area contributed by atoms with Gasteiger partial charge in [-0.2, -0.15) is 0 Å². The molecule has 1 aromatic rings. The van der Waals surface area contributed by atoms with E-state index in [0.29, 0.717) is 0 Å². The summed E-state index contributed by atoms with van der Waals surface area (Å²) in [4.78, 5) is 4.29. The fourth-order valence-corrected chi connectivity index (χ4v) is 2.46. The van der Waals surface area contributed by atoms with Crippen LogP contribution in [0.4, 0.5) is 5.69 Å². The van der Waals surface area contributed by atoms with E-state index < -0.39 is 8.07 Å². The zero-order valence-corrected chi connectivity index (χ0v) is 8.26. The Kier molecular flexibility index (Phi) is 2.00. The van der Waals surface area contributed by atoms with Crippen LogP contribution < -0.4 is 11.1 Å². The monoisotopic (exact) mass is 166 g/mol. The van der Waals surface area contributed by atoms with Gasteiger partial charge in [-0.25, -0.2) is 0 Å². The van der Waals surface area contributed by atoms with Crippen molar-refractivity contribution in [2.75, 3.05) is 5.73 Å². The van der Waals surface area contributed by atoms with Crippen LogP contribution >= 0.6 is 0 Å². The molecule has 0 aliphatic rings. The molecule has 0 fully saturated rings. The lowest BCUT2D eigenvalue weighted by Crippen LogP contribution is -2.41. The van der Waals surface area contributed by atoms with E-state index in [1.165, 1.54) is 0 Å². The van der Waals surface area contributed by atoms with Gasteiger partial charge in [0.1, 0.15) is 8.07 Å². The Morgan fingerprint density at radius 3 is 2.36 bits per heavy atom. The largest absolute Gasteiger partial charge is 0.398 e. The number of nitrogen functional groups attached to an aromatic ring is 1. The van der Waals surface area contributed by atoms with Crippen molar-refractivity contribution in [2.45, 2.75) is 19.6 Å². The van der Waals surface area contributed by atoms with Crippen molar-refractivity contribution in [1.29, 1.82) is 0 Å². The molecule has 0 amide bonds. The zero-order valence-electron chi connectivity index (χ0n) is 7.26. The van der Waals surface area contributed by atoms with Crippen LogP contribution in [0, 0.1) is 0 Å². The fourth-order valence-electron chi connectivity index (χ4n) is 1.04. The predicted octanol–water partition coefficient (Wildman–Crippen LogP) is 1.21. The van der Waals surface area contributed by atoms with E-state index >= 15 is 0 Å². The molecular formula is C8H14N2Si. The summed E-state index contributed by atoms with van der Waals surface area (Å²) in [6.07, 6.45) is 1.81. The second-order valence-electron chi connectivity index (χ2n) is 3.69. The van der Waals surface area contributed by atoms with Gasteiger partial charge in [0.2, 0.25) is 0 Å². The molecule has 0 saturated carbocycles. The maximum atomic E-state index is 5.78. The molecule has 0 aliphatic carbocycles. The summed E-state index contributed by atoms with van der Waals surface area (Å²) in [5, 5.41) is 1.11. The van der Waals surface area contributed by atoms with Gasteiger partial charge in [-0.1, -0.05) is 19.6 Å². The summed E-state index contributed by atoms with van der Waals surface area (Å²) in [7, 11) is -1.31. The van der Waals surface area contributed by atoms with Crippen LogP contribution in [-0.4, -0.2) is 13.1 Å². The number of pyridine rings is 1. The van der Waals surface area contributed by atoms with Gasteiger partial charge < -0.3 is 5.73 Å². The van der Waals surface area contributed by atoms with Crippen LogP contribution in [0.25, 0.3) is 0 Å². The molecule has 11 heavy (non-hydrogen) atoms. The van der Waals surface area contributed by atoms with Gasteiger partial charge in [0.15, 0.2) is 0 Å². The number of hydrogen-bond acceptors (Lipinski definition) is 2. The molecule has 2 nitrogen and oxygen atoms in total. The number of hydrogen-bond donors (Lipinski definition) is 1. The van der Waals surface area contributed by atoms with Gasteiger partial charge in [0.05, 0.1) is 0 Å². The van der Waals surface area contributed by atoms with Crippen LogP contribution in [0.5, 0.6) is 0 Å². The molecular weight excluding hydrogens is 152 g/mol. The average Bonchev–Trinajstić information content (AvgIpc) is 1.86.